The molecule has 1 aromatic carbocycles. The van der Waals surface area contributed by atoms with Crippen LogP contribution in [-0.4, -0.2) is 30.9 Å². The van der Waals surface area contributed by atoms with E-state index >= 15 is 0 Å². The maximum absolute atomic E-state index is 13.6. The molecule has 1 aliphatic carbocycles. The van der Waals surface area contributed by atoms with Gasteiger partial charge in [-0.05, 0) is 74.2 Å². The number of ether oxygens (including phenoxy) is 2. The highest BCUT2D eigenvalue weighted by atomic mass is 32.1. The van der Waals surface area contributed by atoms with Gasteiger partial charge in [0.05, 0.1) is 30.4 Å². The van der Waals surface area contributed by atoms with Gasteiger partial charge in [0.1, 0.15) is 5.66 Å². The van der Waals surface area contributed by atoms with Gasteiger partial charge in [-0.3, -0.25) is 9.69 Å². The number of hydrogen-bond donors (Lipinski definition) is 1. The minimum atomic E-state index is -4.63. The van der Waals surface area contributed by atoms with E-state index in [0.717, 1.165) is 29.9 Å². The van der Waals surface area contributed by atoms with Crippen LogP contribution in [-0.2, 0) is 26.9 Å². The van der Waals surface area contributed by atoms with Gasteiger partial charge < -0.3 is 15.2 Å². The summed E-state index contributed by atoms with van der Waals surface area (Å²) >= 11 is 1.46. The van der Waals surface area contributed by atoms with Crippen LogP contribution in [0.25, 0.3) is 0 Å². The zero-order chi connectivity index (χ0) is 24.8. The number of carbonyl (C=O) groups is 2. The predicted octanol–water partition coefficient (Wildman–Crippen LogP) is 5.31. The third kappa shape index (κ3) is 4.29. The van der Waals surface area contributed by atoms with Crippen LogP contribution in [0.15, 0.2) is 35.7 Å². The number of esters is 1. The van der Waals surface area contributed by atoms with E-state index in [9.17, 15) is 22.8 Å². The third-order valence-electron chi connectivity index (χ3n) is 6.52. The molecule has 1 unspecified atom stereocenters. The molecule has 1 aromatic heterocycles. The van der Waals surface area contributed by atoms with Crippen LogP contribution in [0.3, 0.4) is 0 Å². The molecular weight excluding hydrogens is 469 g/mol. The molecule has 1 amide bonds. The van der Waals surface area contributed by atoms with Crippen LogP contribution in [0, 0.1) is 11.8 Å². The van der Waals surface area contributed by atoms with Gasteiger partial charge in [-0.25, -0.2) is 4.79 Å². The highest BCUT2D eigenvalue weighted by Gasteiger charge is 2.61. The predicted molar refractivity (Wildman–Crippen MR) is 121 cm³/mol. The molecule has 1 fully saturated rings. The molecule has 1 aliphatic heterocycles. The van der Waals surface area contributed by atoms with Crippen molar-refractivity contribution >= 4 is 29.1 Å². The summed E-state index contributed by atoms with van der Waals surface area (Å²) in [4.78, 5) is 28.7. The van der Waals surface area contributed by atoms with E-state index in [1.54, 1.807) is 13.8 Å². The maximum Gasteiger partial charge on any atom is 0.416 e. The average molecular weight is 497 g/mol. The van der Waals surface area contributed by atoms with Crippen LogP contribution in [0.2, 0.25) is 0 Å². The number of amides is 1. The molecule has 6 nitrogen and oxygen atoms in total. The zero-order valence-corrected chi connectivity index (χ0v) is 19.9. The highest BCUT2D eigenvalue weighted by Crippen LogP contribution is 2.56. The number of carbonyl (C=O) groups excluding carboxylic acids is 2. The van der Waals surface area contributed by atoms with Gasteiger partial charge >= 0.3 is 18.2 Å². The Morgan fingerprint density at radius 3 is 2.50 bits per heavy atom. The molecule has 2 N–H and O–H groups in total. The van der Waals surface area contributed by atoms with Crippen LogP contribution in [0.5, 0.6) is 0 Å². The Bertz CT molecular complexity index is 1070. The minimum Gasteiger partial charge on any atom is -0.469 e. The number of fused-ring (bicyclic) bond motifs is 1. The van der Waals surface area contributed by atoms with Crippen molar-refractivity contribution in [3.05, 3.63) is 51.7 Å². The summed E-state index contributed by atoms with van der Waals surface area (Å²) in [6.45, 7) is 3.37. The van der Waals surface area contributed by atoms with E-state index in [1.165, 1.54) is 29.4 Å². The van der Waals surface area contributed by atoms with E-state index < -0.39 is 47.4 Å². The van der Waals surface area contributed by atoms with Crippen molar-refractivity contribution in [2.24, 2.45) is 17.6 Å². The molecule has 10 heteroatoms. The first-order chi connectivity index (χ1) is 16.0. The summed E-state index contributed by atoms with van der Waals surface area (Å²) in [6, 6.07) is 6.77. The molecule has 2 aliphatic rings. The summed E-state index contributed by atoms with van der Waals surface area (Å²) < 4.78 is 51.5. The molecule has 184 valence electrons. The Morgan fingerprint density at radius 1 is 1.26 bits per heavy atom. The monoisotopic (exact) mass is 496 g/mol. The molecule has 3 atom stereocenters. The molecule has 0 bridgehead atoms. The standard InChI is InChI=1S/C24H27F3N2O4S/c1-13(2)33-22(31)29-19-9-8-15(24(25,26)27)11-17(19)20(21(30)32-3)18(12-16-5-4-10-34-16)23(29,28)14-6-7-14/h4-5,8-11,13-14,18,20H,6-7,12,28H2,1-3H3/t18-,20-,23?/m0/s1. The molecule has 4 rings (SSSR count). The average Bonchev–Trinajstić information content (AvgIpc) is 3.50. The quantitative estimate of drug-likeness (QED) is 0.567. The first-order valence-corrected chi connectivity index (χ1v) is 12.0. The van der Waals surface area contributed by atoms with E-state index in [2.05, 4.69) is 0 Å². The lowest BCUT2D eigenvalue weighted by atomic mass is 9.69. The van der Waals surface area contributed by atoms with Gasteiger partial charge in [0, 0.05) is 10.8 Å². The van der Waals surface area contributed by atoms with E-state index in [4.69, 9.17) is 15.2 Å². The molecule has 0 spiro atoms. The first kappa shape index (κ1) is 24.5. The molecule has 1 saturated carbocycles. The van der Waals surface area contributed by atoms with Crippen molar-refractivity contribution in [2.45, 2.75) is 57.0 Å². The largest absolute Gasteiger partial charge is 0.469 e. The second-order valence-corrected chi connectivity index (χ2v) is 10.1. The molecule has 34 heavy (non-hydrogen) atoms. The van der Waals surface area contributed by atoms with Crippen LogP contribution in [0.4, 0.5) is 23.7 Å². The van der Waals surface area contributed by atoms with Crippen LogP contribution < -0.4 is 10.6 Å². The van der Waals surface area contributed by atoms with Gasteiger partial charge in [-0.15, -0.1) is 11.3 Å². The molecule has 2 heterocycles. The van der Waals surface area contributed by atoms with E-state index in [1.807, 2.05) is 17.5 Å². The fourth-order valence-corrected chi connectivity index (χ4v) is 5.69. The second kappa shape index (κ2) is 8.88. The number of anilines is 1. The van der Waals surface area contributed by atoms with Crippen molar-refractivity contribution in [1.82, 2.24) is 0 Å². The lowest BCUT2D eigenvalue weighted by Crippen LogP contribution is -2.69. The Hall–Kier alpha value is -2.59. The fraction of sp³-hybridized carbons (Fsp3) is 0.500. The van der Waals surface area contributed by atoms with Crippen molar-refractivity contribution in [3.63, 3.8) is 0 Å². The Morgan fingerprint density at radius 2 is 1.97 bits per heavy atom. The summed E-state index contributed by atoms with van der Waals surface area (Å²) in [5.74, 6) is -2.63. The lowest BCUT2D eigenvalue weighted by Gasteiger charge is -2.52. The Balaban J connectivity index is 1.97. The highest BCUT2D eigenvalue weighted by molar-refractivity contribution is 7.09. The molecule has 0 radical (unpaired) electrons. The molecular formula is C24H27F3N2O4S. The maximum atomic E-state index is 13.6. The van der Waals surface area contributed by atoms with E-state index in [0.29, 0.717) is 6.42 Å². The summed E-state index contributed by atoms with van der Waals surface area (Å²) in [5, 5.41) is 1.88. The Kier molecular flexibility index (Phi) is 6.41. The van der Waals surface area contributed by atoms with Gasteiger partial charge in [0.2, 0.25) is 0 Å². The number of benzene rings is 1. The number of methoxy groups -OCH3 is 1. The van der Waals surface area contributed by atoms with Gasteiger partial charge in [0.15, 0.2) is 0 Å². The van der Waals surface area contributed by atoms with Gasteiger partial charge in [0.25, 0.3) is 0 Å². The number of hydrogen-bond acceptors (Lipinski definition) is 6. The Labute approximate surface area is 199 Å². The SMILES string of the molecule is COC(=O)[C@H]1c2cc(C(F)(F)F)ccc2N(C(=O)OC(C)C)C(N)(C2CC2)[C@H]1Cc1cccs1. The van der Waals surface area contributed by atoms with Gasteiger partial charge in [-0.2, -0.15) is 13.2 Å². The number of halogens is 3. The van der Waals surface area contributed by atoms with Gasteiger partial charge in [-0.1, -0.05) is 6.07 Å². The number of rotatable bonds is 5. The number of thiophene rings is 1. The number of alkyl halides is 3. The molecule has 2 aromatic rings. The second-order valence-electron chi connectivity index (χ2n) is 9.09. The van der Waals surface area contributed by atoms with Crippen LogP contribution >= 0.6 is 11.3 Å². The summed E-state index contributed by atoms with van der Waals surface area (Å²) in [5.41, 5.74) is 5.01. The first-order valence-electron chi connectivity index (χ1n) is 11.1. The number of nitrogens with two attached hydrogens (primary N) is 1. The van der Waals surface area contributed by atoms with Crippen molar-refractivity contribution in [1.29, 1.82) is 0 Å². The third-order valence-corrected chi connectivity index (χ3v) is 7.42. The fourth-order valence-electron chi connectivity index (χ4n) is 4.93. The summed E-state index contributed by atoms with van der Waals surface area (Å²) in [6.07, 6.45) is -4.09. The lowest BCUT2D eigenvalue weighted by molar-refractivity contribution is -0.145. The zero-order valence-electron chi connectivity index (χ0n) is 19.1. The number of nitrogens with zero attached hydrogens (tertiary/aromatic N) is 1. The smallest absolute Gasteiger partial charge is 0.416 e. The molecule has 0 saturated heterocycles. The van der Waals surface area contributed by atoms with Crippen molar-refractivity contribution in [3.8, 4) is 0 Å². The van der Waals surface area contributed by atoms with Crippen molar-refractivity contribution < 1.29 is 32.2 Å². The van der Waals surface area contributed by atoms with E-state index in [-0.39, 0.29) is 17.2 Å². The normalized spacial score (nSPS) is 24.6. The minimum absolute atomic E-state index is 0.0608. The summed E-state index contributed by atoms with van der Waals surface area (Å²) in [7, 11) is 1.20. The topological polar surface area (TPSA) is 81.9 Å². The van der Waals surface area contributed by atoms with Crippen LogP contribution in [0.1, 0.15) is 48.6 Å². The van der Waals surface area contributed by atoms with Crippen molar-refractivity contribution in [2.75, 3.05) is 12.0 Å².